The summed E-state index contributed by atoms with van der Waals surface area (Å²) >= 11 is 0. The van der Waals surface area contributed by atoms with Crippen molar-refractivity contribution in [3.05, 3.63) is 70.0 Å². The van der Waals surface area contributed by atoms with Crippen LogP contribution in [-0.4, -0.2) is 27.3 Å². The molecule has 3 aromatic rings. The average Bonchev–Trinajstić information content (AvgIpc) is 3.19. The Morgan fingerprint density at radius 2 is 1.82 bits per heavy atom. The van der Waals surface area contributed by atoms with Crippen molar-refractivity contribution >= 4 is 17.6 Å². The zero-order valence-corrected chi connectivity index (χ0v) is 16.1. The maximum absolute atomic E-state index is 12.8. The maximum Gasteiger partial charge on any atom is 0.342 e. The number of nitrogens with one attached hydrogen (secondary N) is 1. The van der Waals surface area contributed by atoms with Crippen molar-refractivity contribution in [2.45, 2.75) is 26.9 Å². The third kappa shape index (κ3) is 3.48. The Kier molecular flexibility index (Phi) is 5.21. The van der Waals surface area contributed by atoms with Gasteiger partial charge in [-0.15, -0.1) is 0 Å². The number of rotatable bonds is 5. The van der Waals surface area contributed by atoms with E-state index in [0.29, 0.717) is 17.1 Å². The van der Waals surface area contributed by atoms with E-state index in [1.807, 2.05) is 18.2 Å². The van der Waals surface area contributed by atoms with Crippen LogP contribution in [-0.2, 0) is 16.6 Å². The van der Waals surface area contributed by atoms with Gasteiger partial charge in [0.1, 0.15) is 17.0 Å². The Labute approximate surface area is 161 Å². The van der Waals surface area contributed by atoms with Crippen LogP contribution in [0, 0.1) is 13.8 Å². The normalized spacial score (nSPS) is 11.9. The highest BCUT2D eigenvalue weighted by Crippen LogP contribution is 2.15. The number of para-hydroxylation sites is 1. The van der Waals surface area contributed by atoms with Crippen LogP contribution in [0.1, 0.15) is 28.7 Å². The number of amides is 1. The molecule has 1 amide bonds. The van der Waals surface area contributed by atoms with Crippen molar-refractivity contribution in [2.75, 3.05) is 5.32 Å². The standard InChI is InChI=1S/C20H21N3O5/c1-12-17(19(25)23(22(12)4)15-8-6-5-7-9-15)21-18(24)14(3)28-20(26)16-10-11-27-13(16)2/h5-11,14H,1-4H3,(H,21,24). The van der Waals surface area contributed by atoms with Crippen molar-refractivity contribution in [3.8, 4) is 5.69 Å². The zero-order valence-electron chi connectivity index (χ0n) is 16.1. The van der Waals surface area contributed by atoms with Gasteiger partial charge in [-0.05, 0) is 39.0 Å². The first-order valence-corrected chi connectivity index (χ1v) is 8.71. The van der Waals surface area contributed by atoms with Gasteiger partial charge < -0.3 is 14.5 Å². The number of hydrogen-bond donors (Lipinski definition) is 1. The van der Waals surface area contributed by atoms with Crippen LogP contribution >= 0.6 is 0 Å². The van der Waals surface area contributed by atoms with Gasteiger partial charge in [-0.1, -0.05) is 18.2 Å². The molecular formula is C20H21N3O5. The molecule has 0 bridgehead atoms. The highest BCUT2D eigenvalue weighted by molar-refractivity contribution is 5.97. The van der Waals surface area contributed by atoms with Crippen LogP contribution in [0.2, 0.25) is 0 Å². The molecule has 0 fully saturated rings. The van der Waals surface area contributed by atoms with E-state index in [2.05, 4.69) is 5.32 Å². The largest absolute Gasteiger partial charge is 0.469 e. The summed E-state index contributed by atoms with van der Waals surface area (Å²) in [4.78, 5) is 37.5. The van der Waals surface area contributed by atoms with Gasteiger partial charge in [-0.25, -0.2) is 9.48 Å². The molecule has 1 atom stereocenters. The Morgan fingerprint density at radius 1 is 1.14 bits per heavy atom. The zero-order chi connectivity index (χ0) is 20.4. The van der Waals surface area contributed by atoms with Crippen molar-refractivity contribution in [1.29, 1.82) is 0 Å². The predicted octanol–water partition coefficient (Wildman–Crippen LogP) is 2.57. The Hall–Kier alpha value is -3.55. The number of carbonyl (C=O) groups excluding carboxylic acids is 2. The summed E-state index contributed by atoms with van der Waals surface area (Å²) in [5, 5.41) is 2.58. The first-order chi connectivity index (χ1) is 13.3. The van der Waals surface area contributed by atoms with E-state index in [4.69, 9.17) is 9.15 Å². The lowest BCUT2D eigenvalue weighted by Crippen LogP contribution is -2.32. The Morgan fingerprint density at radius 3 is 2.43 bits per heavy atom. The van der Waals surface area contributed by atoms with Crippen LogP contribution < -0.4 is 10.9 Å². The molecule has 0 saturated carbocycles. The summed E-state index contributed by atoms with van der Waals surface area (Å²) in [6, 6.07) is 10.6. The molecule has 8 heteroatoms. The molecule has 2 heterocycles. The molecule has 2 aromatic heterocycles. The summed E-state index contributed by atoms with van der Waals surface area (Å²) in [5.74, 6) is -0.858. The van der Waals surface area contributed by atoms with Gasteiger partial charge in [-0.3, -0.25) is 14.3 Å². The van der Waals surface area contributed by atoms with Crippen LogP contribution in [0.25, 0.3) is 5.69 Å². The topological polar surface area (TPSA) is 95.5 Å². The molecule has 0 aliphatic carbocycles. The minimum absolute atomic E-state index is 0.138. The molecule has 0 radical (unpaired) electrons. The highest BCUT2D eigenvalue weighted by atomic mass is 16.5. The predicted molar refractivity (Wildman–Crippen MR) is 103 cm³/mol. The first-order valence-electron chi connectivity index (χ1n) is 8.71. The van der Waals surface area contributed by atoms with E-state index in [-0.39, 0.29) is 16.8 Å². The molecule has 0 aliphatic rings. The first kappa shape index (κ1) is 19.2. The van der Waals surface area contributed by atoms with Crippen LogP contribution in [0.15, 0.2) is 51.9 Å². The Balaban J connectivity index is 1.80. The lowest BCUT2D eigenvalue weighted by atomic mass is 10.2. The monoisotopic (exact) mass is 383 g/mol. The summed E-state index contributed by atoms with van der Waals surface area (Å²) in [6.45, 7) is 4.79. The number of aryl methyl sites for hydroxylation is 1. The van der Waals surface area contributed by atoms with Crippen molar-refractivity contribution in [2.24, 2.45) is 7.05 Å². The van der Waals surface area contributed by atoms with Gasteiger partial charge >= 0.3 is 5.97 Å². The fourth-order valence-corrected chi connectivity index (χ4v) is 2.81. The summed E-state index contributed by atoms with van der Waals surface area (Å²) in [5.41, 5.74) is 1.27. The number of ether oxygens (including phenoxy) is 1. The smallest absolute Gasteiger partial charge is 0.342 e. The second-order valence-electron chi connectivity index (χ2n) is 6.36. The number of benzene rings is 1. The fraction of sp³-hybridized carbons (Fsp3) is 0.250. The molecule has 28 heavy (non-hydrogen) atoms. The van der Waals surface area contributed by atoms with Crippen molar-refractivity contribution < 1.29 is 18.7 Å². The molecule has 1 aromatic carbocycles. The lowest BCUT2D eigenvalue weighted by Gasteiger charge is -2.12. The number of nitrogens with zero attached hydrogens (tertiary/aromatic N) is 2. The third-order valence-electron chi connectivity index (χ3n) is 4.53. The highest BCUT2D eigenvalue weighted by Gasteiger charge is 2.24. The van der Waals surface area contributed by atoms with E-state index in [1.165, 1.54) is 23.9 Å². The average molecular weight is 383 g/mol. The maximum atomic E-state index is 12.8. The molecular weight excluding hydrogens is 362 g/mol. The summed E-state index contributed by atoms with van der Waals surface area (Å²) < 4.78 is 13.4. The van der Waals surface area contributed by atoms with E-state index >= 15 is 0 Å². The van der Waals surface area contributed by atoms with Gasteiger partial charge in [0.15, 0.2) is 6.10 Å². The molecule has 0 spiro atoms. The second-order valence-corrected chi connectivity index (χ2v) is 6.36. The molecule has 1 N–H and O–H groups in total. The fourth-order valence-electron chi connectivity index (χ4n) is 2.81. The number of aromatic nitrogens is 2. The number of carbonyl (C=O) groups is 2. The van der Waals surface area contributed by atoms with Gasteiger partial charge in [0, 0.05) is 7.05 Å². The Bertz CT molecular complexity index is 1080. The molecule has 3 rings (SSSR count). The summed E-state index contributed by atoms with van der Waals surface area (Å²) in [7, 11) is 1.73. The summed E-state index contributed by atoms with van der Waals surface area (Å²) in [6.07, 6.45) is 0.279. The quantitative estimate of drug-likeness (QED) is 0.683. The lowest BCUT2D eigenvalue weighted by molar-refractivity contribution is -0.123. The van der Waals surface area contributed by atoms with E-state index in [9.17, 15) is 14.4 Å². The van der Waals surface area contributed by atoms with E-state index < -0.39 is 18.0 Å². The van der Waals surface area contributed by atoms with E-state index in [0.717, 1.165) is 0 Å². The number of furan rings is 1. The number of anilines is 1. The molecule has 0 saturated heterocycles. The second kappa shape index (κ2) is 7.59. The van der Waals surface area contributed by atoms with Crippen molar-refractivity contribution in [3.63, 3.8) is 0 Å². The van der Waals surface area contributed by atoms with Gasteiger partial charge in [0.2, 0.25) is 0 Å². The van der Waals surface area contributed by atoms with Crippen molar-refractivity contribution in [1.82, 2.24) is 9.36 Å². The number of hydrogen-bond acceptors (Lipinski definition) is 5. The van der Waals surface area contributed by atoms with E-state index in [1.54, 1.807) is 37.7 Å². The number of esters is 1. The SMILES string of the molecule is Cc1occc1C(=O)OC(C)C(=O)Nc1c(C)n(C)n(-c2ccccc2)c1=O. The van der Waals surface area contributed by atoms with Gasteiger partial charge in [-0.2, -0.15) is 0 Å². The van der Waals surface area contributed by atoms with Gasteiger partial charge in [0.05, 0.1) is 17.6 Å². The molecule has 0 aliphatic heterocycles. The minimum atomic E-state index is -1.09. The third-order valence-corrected chi connectivity index (χ3v) is 4.53. The minimum Gasteiger partial charge on any atom is -0.469 e. The van der Waals surface area contributed by atoms with Crippen LogP contribution in [0.3, 0.4) is 0 Å². The molecule has 1 unspecified atom stereocenters. The van der Waals surface area contributed by atoms with Crippen LogP contribution in [0.4, 0.5) is 5.69 Å². The molecule has 8 nitrogen and oxygen atoms in total. The molecule has 146 valence electrons. The van der Waals surface area contributed by atoms with Crippen LogP contribution in [0.5, 0.6) is 0 Å². The van der Waals surface area contributed by atoms with Gasteiger partial charge in [0.25, 0.3) is 11.5 Å².